The molecule has 0 saturated heterocycles. The summed E-state index contributed by atoms with van der Waals surface area (Å²) < 4.78 is 5.05. The normalized spacial score (nSPS) is 10.4. The van der Waals surface area contributed by atoms with E-state index < -0.39 is 0 Å². The molecule has 0 aliphatic heterocycles. The minimum Gasteiger partial charge on any atom is -0.497 e. The van der Waals surface area contributed by atoms with Crippen LogP contribution < -0.4 is 10.1 Å². The Kier molecular flexibility index (Phi) is 6.22. The summed E-state index contributed by atoms with van der Waals surface area (Å²) in [6.07, 6.45) is 0. The number of hydrogen-bond donors (Lipinski definition) is 1. The van der Waals surface area contributed by atoms with Crippen LogP contribution >= 0.6 is 0 Å². The van der Waals surface area contributed by atoms with Crippen LogP contribution in [-0.4, -0.2) is 44.1 Å². The summed E-state index contributed by atoms with van der Waals surface area (Å²) in [6.45, 7) is 7.81. The molecule has 4 heteroatoms. The van der Waals surface area contributed by atoms with Gasteiger partial charge < -0.3 is 15.0 Å². The third-order valence-electron chi connectivity index (χ3n) is 2.96. The molecule has 0 bridgehead atoms. The van der Waals surface area contributed by atoms with E-state index in [0.29, 0.717) is 12.1 Å². The van der Waals surface area contributed by atoms with Gasteiger partial charge in [-0.2, -0.15) is 0 Å². The average Bonchev–Trinajstić information content (AvgIpc) is 2.43. The van der Waals surface area contributed by atoms with Gasteiger partial charge in [0, 0.05) is 18.7 Å². The van der Waals surface area contributed by atoms with Crippen LogP contribution in [0.2, 0.25) is 0 Å². The Bertz CT molecular complexity index is 359. The minimum absolute atomic E-state index is 0.0372. The molecule has 0 aliphatic rings. The molecule has 0 heterocycles. The largest absolute Gasteiger partial charge is 0.497 e. The zero-order valence-corrected chi connectivity index (χ0v) is 11.4. The van der Waals surface area contributed by atoms with Gasteiger partial charge in [0.2, 0.25) is 0 Å². The van der Waals surface area contributed by atoms with E-state index in [2.05, 4.69) is 24.1 Å². The van der Waals surface area contributed by atoms with Crippen LogP contribution in [0.25, 0.3) is 0 Å². The molecule has 1 amide bonds. The fourth-order valence-corrected chi connectivity index (χ4v) is 1.71. The van der Waals surface area contributed by atoms with Gasteiger partial charge >= 0.3 is 0 Å². The monoisotopic (exact) mass is 249 g/mol. The van der Waals surface area contributed by atoms with Crippen LogP contribution in [0.15, 0.2) is 24.3 Å². The highest BCUT2D eigenvalue weighted by Gasteiger charge is 2.05. The van der Waals surface area contributed by atoms with E-state index >= 15 is 0 Å². The van der Waals surface area contributed by atoms with Crippen molar-refractivity contribution in [1.82, 2.24) is 10.2 Å². The van der Waals surface area contributed by atoms with Crippen LogP contribution in [0.5, 0.6) is 5.75 Å². The summed E-state index contributed by atoms with van der Waals surface area (Å²) in [5.41, 5.74) is 0.662. The average molecular weight is 249 g/mol. The number of nitrogens with one attached hydrogen (secondary N) is 1. The molecule has 0 saturated carbocycles. The van der Waals surface area contributed by atoms with Gasteiger partial charge in [-0.3, -0.25) is 4.79 Å². The van der Waals surface area contributed by atoms with Gasteiger partial charge in [-0.1, -0.05) is 13.8 Å². The number of amides is 1. The molecule has 1 N–H and O–H groups in total. The van der Waals surface area contributed by atoms with Crippen LogP contribution in [-0.2, 0) is 0 Å². The smallest absolute Gasteiger partial charge is 0.251 e. The molecule has 1 aromatic rings. The number of nitrogens with zero attached hydrogens (tertiary/aromatic N) is 1. The van der Waals surface area contributed by atoms with Crippen molar-refractivity contribution in [2.75, 3.05) is 33.3 Å². The second kappa shape index (κ2) is 7.71. The number of benzene rings is 1. The summed E-state index contributed by atoms with van der Waals surface area (Å²) in [7, 11) is 1.61. The summed E-state index contributed by atoms with van der Waals surface area (Å²) in [6, 6.07) is 7.12. The molecule has 1 rings (SSSR count). The van der Waals surface area contributed by atoms with Gasteiger partial charge in [0.25, 0.3) is 5.91 Å². The zero-order chi connectivity index (χ0) is 13.4. The predicted octanol–water partition coefficient (Wildman–Crippen LogP) is 1.77. The fourth-order valence-electron chi connectivity index (χ4n) is 1.71. The van der Waals surface area contributed by atoms with Crippen molar-refractivity contribution < 1.29 is 9.53 Å². The first-order valence-corrected chi connectivity index (χ1v) is 6.35. The Morgan fingerprint density at radius 2 is 1.83 bits per heavy atom. The van der Waals surface area contributed by atoms with E-state index in [0.717, 1.165) is 25.4 Å². The third kappa shape index (κ3) is 4.37. The second-order valence-electron chi connectivity index (χ2n) is 4.01. The van der Waals surface area contributed by atoms with Crippen LogP contribution in [0.4, 0.5) is 0 Å². The molecule has 4 nitrogen and oxygen atoms in total. The molecule has 100 valence electrons. The Hall–Kier alpha value is -1.55. The van der Waals surface area contributed by atoms with Crippen molar-refractivity contribution in [1.29, 1.82) is 0 Å². The van der Waals surface area contributed by atoms with Crippen LogP contribution in [0.3, 0.4) is 0 Å². The van der Waals surface area contributed by atoms with Gasteiger partial charge in [0.05, 0.1) is 7.11 Å². The van der Waals surface area contributed by atoms with Gasteiger partial charge in [0.15, 0.2) is 0 Å². The maximum absolute atomic E-state index is 11.8. The molecule has 0 unspecified atom stereocenters. The topological polar surface area (TPSA) is 41.6 Å². The minimum atomic E-state index is -0.0372. The quantitative estimate of drug-likeness (QED) is 0.800. The van der Waals surface area contributed by atoms with Crippen molar-refractivity contribution in [3.8, 4) is 5.75 Å². The lowest BCUT2D eigenvalue weighted by molar-refractivity contribution is 0.0949. The standard InChI is InChI=1S/C14H22N2O2/c1-4-16(5-2)11-10-15-14(17)12-6-8-13(18-3)9-7-12/h6-9H,4-5,10-11H2,1-3H3,(H,15,17)/i3-1. The van der Waals surface area contributed by atoms with Crippen molar-refractivity contribution in [2.24, 2.45) is 0 Å². The van der Waals surface area contributed by atoms with Gasteiger partial charge in [-0.05, 0) is 37.4 Å². The summed E-state index contributed by atoms with van der Waals surface area (Å²) in [5, 5.41) is 2.91. The highest BCUT2D eigenvalue weighted by Crippen LogP contribution is 2.10. The first-order valence-electron chi connectivity index (χ1n) is 6.35. The van der Waals surface area contributed by atoms with E-state index in [4.69, 9.17) is 4.74 Å². The highest BCUT2D eigenvalue weighted by atomic mass is 16.4. The molecule has 0 fully saturated rings. The number of methoxy groups -OCH3 is 1. The van der Waals surface area contributed by atoms with Crippen LogP contribution in [0.1, 0.15) is 24.2 Å². The Labute approximate surface area is 109 Å². The molecule has 0 atom stereocenters. The maximum atomic E-state index is 11.8. The lowest BCUT2D eigenvalue weighted by Crippen LogP contribution is -2.34. The Balaban J connectivity index is 2.40. The number of ether oxygens (including phenoxy) is 1. The SMILES string of the molecule is CCN(CC)CCNC(=O)c1ccc(O[11CH3])cc1. The molecule has 0 radical (unpaired) electrons. The van der Waals surface area contributed by atoms with E-state index in [1.165, 1.54) is 0 Å². The first kappa shape index (κ1) is 14.5. The maximum Gasteiger partial charge on any atom is 0.251 e. The van der Waals surface area contributed by atoms with Crippen molar-refractivity contribution in [2.45, 2.75) is 13.8 Å². The number of likely N-dealkylation sites (N-methyl/N-ethyl adjacent to an activating group) is 1. The zero-order valence-electron chi connectivity index (χ0n) is 11.4. The summed E-state index contributed by atoms with van der Waals surface area (Å²) >= 11 is 0. The van der Waals surface area contributed by atoms with Gasteiger partial charge in [-0.15, -0.1) is 0 Å². The third-order valence-corrected chi connectivity index (χ3v) is 2.96. The lowest BCUT2D eigenvalue weighted by Gasteiger charge is -2.17. The van der Waals surface area contributed by atoms with E-state index in [-0.39, 0.29) is 5.91 Å². The summed E-state index contributed by atoms with van der Waals surface area (Å²) in [4.78, 5) is 14.1. The number of hydrogen-bond acceptors (Lipinski definition) is 3. The number of carbonyl (C=O) groups excluding carboxylic acids is 1. The van der Waals surface area contributed by atoms with Crippen molar-refractivity contribution in [3.63, 3.8) is 0 Å². The van der Waals surface area contributed by atoms with Crippen molar-refractivity contribution >= 4 is 5.91 Å². The van der Waals surface area contributed by atoms with Crippen molar-refractivity contribution in [3.05, 3.63) is 29.8 Å². The number of rotatable bonds is 7. The second-order valence-corrected chi connectivity index (χ2v) is 4.01. The molecule has 0 aliphatic carbocycles. The van der Waals surface area contributed by atoms with E-state index in [9.17, 15) is 4.79 Å². The predicted molar refractivity (Wildman–Crippen MR) is 73.1 cm³/mol. The Morgan fingerprint density at radius 1 is 1.22 bits per heavy atom. The van der Waals surface area contributed by atoms with Crippen LogP contribution in [0, 0.1) is 0 Å². The lowest BCUT2D eigenvalue weighted by atomic mass is 10.2. The molecular formula is C14H22N2O2. The van der Waals surface area contributed by atoms with Gasteiger partial charge in [-0.25, -0.2) is 0 Å². The molecule has 18 heavy (non-hydrogen) atoms. The molecular weight excluding hydrogens is 227 g/mol. The summed E-state index contributed by atoms with van der Waals surface area (Å²) in [5.74, 6) is 0.722. The molecule has 1 aromatic carbocycles. The Morgan fingerprint density at radius 3 is 2.33 bits per heavy atom. The molecule has 0 aromatic heterocycles. The first-order chi connectivity index (χ1) is 8.71. The number of carbonyl (C=O) groups is 1. The van der Waals surface area contributed by atoms with E-state index in [1.54, 1.807) is 31.4 Å². The highest BCUT2D eigenvalue weighted by molar-refractivity contribution is 5.94. The van der Waals surface area contributed by atoms with Gasteiger partial charge in [0.1, 0.15) is 5.75 Å². The molecule has 0 spiro atoms. The van der Waals surface area contributed by atoms with E-state index in [1.807, 2.05) is 0 Å². The fraction of sp³-hybridized carbons (Fsp3) is 0.500.